The van der Waals surface area contributed by atoms with Crippen LogP contribution in [0.3, 0.4) is 0 Å². The van der Waals surface area contributed by atoms with Crippen molar-refractivity contribution in [1.29, 1.82) is 0 Å². The summed E-state index contributed by atoms with van der Waals surface area (Å²) in [6.07, 6.45) is 3.22. The molecule has 0 aliphatic carbocycles. The molecule has 1 atom stereocenters. The molecule has 0 saturated carbocycles. The summed E-state index contributed by atoms with van der Waals surface area (Å²) in [7, 11) is 1.68. The number of ether oxygens (including phenoxy) is 1. The van der Waals surface area contributed by atoms with Crippen molar-refractivity contribution in [3.63, 3.8) is 0 Å². The van der Waals surface area contributed by atoms with Crippen LogP contribution in [-0.2, 0) is 6.54 Å². The summed E-state index contributed by atoms with van der Waals surface area (Å²) in [5.41, 5.74) is 3.29. The highest BCUT2D eigenvalue weighted by atomic mass is 79.9. The van der Waals surface area contributed by atoms with Gasteiger partial charge in [-0.15, -0.1) is 0 Å². The Morgan fingerprint density at radius 2 is 1.96 bits per heavy atom. The Labute approximate surface area is 163 Å². The summed E-state index contributed by atoms with van der Waals surface area (Å²) in [5, 5.41) is 7.68. The highest BCUT2D eigenvalue weighted by molar-refractivity contribution is 9.11. The van der Waals surface area contributed by atoms with Crippen LogP contribution in [-0.4, -0.2) is 21.9 Å². The van der Waals surface area contributed by atoms with E-state index >= 15 is 0 Å². The van der Waals surface area contributed by atoms with Gasteiger partial charge in [-0.1, -0.05) is 28.1 Å². The fraction of sp³-hybridized carbons (Fsp3) is 0.222. The molecule has 1 N–H and O–H groups in total. The molecule has 5 nitrogen and oxygen atoms in total. The quantitative estimate of drug-likeness (QED) is 0.575. The van der Waals surface area contributed by atoms with E-state index in [4.69, 9.17) is 4.74 Å². The second kappa shape index (κ2) is 8.12. The lowest BCUT2D eigenvalue weighted by molar-refractivity contribution is 0.403. The Morgan fingerprint density at radius 3 is 2.60 bits per heavy atom. The maximum absolute atomic E-state index is 5.50. The molecule has 3 aromatic rings. The van der Waals surface area contributed by atoms with Crippen LogP contribution >= 0.6 is 31.9 Å². The van der Waals surface area contributed by atoms with E-state index < -0.39 is 0 Å². The first-order chi connectivity index (χ1) is 12.1. The Bertz CT molecular complexity index is 835. The second-order valence-corrected chi connectivity index (χ2v) is 7.38. The zero-order chi connectivity index (χ0) is 17.8. The van der Waals surface area contributed by atoms with Crippen LogP contribution in [0.4, 0.5) is 0 Å². The SMILES string of the molecule is COc1c(Br)cc(Br)cc1CNC(C)c1ccc(-n2cncn2)cc1. The van der Waals surface area contributed by atoms with E-state index in [0.29, 0.717) is 6.54 Å². The molecule has 1 aromatic heterocycles. The van der Waals surface area contributed by atoms with E-state index in [0.717, 1.165) is 25.9 Å². The summed E-state index contributed by atoms with van der Waals surface area (Å²) in [6, 6.07) is 12.5. The Morgan fingerprint density at radius 1 is 1.20 bits per heavy atom. The molecule has 7 heteroatoms. The van der Waals surface area contributed by atoms with Crippen molar-refractivity contribution in [3.8, 4) is 11.4 Å². The number of aromatic nitrogens is 3. The van der Waals surface area contributed by atoms with Crippen LogP contribution in [0.2, 0.25) is 0 Å². The monoisotopic (exact) mass is 464 g/mol. The maximum atomic E-state index is 5.50. The van der Waals surface area contributed by atoms with Crippen LogP contribution < -0.4 is 10.1 Å². The van der Waals surface area contributed by atoms with Gasteiger partial charge in [0.1, 0.15) is 18.4 Å². The molecule has 1 heterocycles. The predicted octanol–water partition coefficient (Wildman–Crippen LogP) is 4.65. The van der Waals surface area contributed by atoms with Gasteiger partial charge in [0.2, 0.25) is 0 Å². The molecule has 0 spiro atoms. The van der Waals surface area contributed by atoms with Crippen molar-refractivity contribution in [2.45, 2.75) is 19.5 Å². The van der Waals surface area contributed by atoms with Gasteiger partial charge in [0.25, 0.3) is 0 Å². The van der Waals surface area contributed by atoms with Crippen LogP contribution in [0.5, 0.6) is 5.75 Å². The topological polar surface area (TPSA) is 52.0 Å². The van der Waals surface area contributed by atoms with Crippen molar-refractivity contribution in [2.75, 3.05) is 7.11 Å². The molecule has 3 rings (SSSR count). The summed E-state index contributed by atoms with van der Waals surface area (Å²) >= 11 is 7.07. The number of rotatable bonds is 6. The van der Waals surface area contributed by atoms with E-state index in [-0.39, 0.29) is 6.04 Å². The van der Waals surface area contributed by atoms with Gasteiger partial charge < -0.3 is 10.1 Å². The third-order valence-electron chi connectivity index (χ3n) is 3.96. The number of methoxy groups -OCH3 is 1. The van der Waals surface area contributed by atoms with E-state index in [1.807, 2.05) is 18.2 Å². The van der Waals surface area contributed by atoms with E-state index in [1.165, 1.54) is 11.9 Å². The maximum Gasteiger partial charge on any atom is 0.138 e. The molecule has 130 valence electrons. The molecule has 0 radical (unpaired) electrons. The first kappa shape index (κ1) is 18.1. The van der Waals surface area contributed by atoms with E-state index in [9.17, 15) is 0 Å². The van der Waals surface area contributed by atoms with Crippen LogP contribution in [0.25, 0.3) is 5.69 Å². The molecule has 0 amide bonds. The van der Waals surface area contributed by atoms with Gasteiger partial charge in [0.05, 0.1) is 17.3 Å². The van der Waals surface area contributed by atoms with E-state index in [1.54, 1.807) is 18.1 Å². The Kier molecular flexibility index (Phi) is 5.88. The molecular weight excluding hydrogens is 448 g/mol. The van der Waals surface area contributed by atoms with Crippen molar-refractivity contribution < 1.29 is 4.74 Å². The molecule has 0 fully saturated rings. The van der Waals surface area contributed by atoms with Gasteiger partial charge in [-0.3, -0.25) is 0 Å². The molecule has 0 bridgehead atoms. The third kappa shape index (κ3) is 4.29. The molecule has 25 heavy (non-hydrogen) atoms. The van der Waals surface area contributed by atoms with Crippen LogP contribution in [0.15, 0.2) is 58.0 Å². The summed E-state index contributed by atoms with van der Waals surface area (Å²) in [5.74, 6) is 0.851. The minimum absolute atomic E-state index is 0.201. The molecule has 1 unspecified atom stereocenters. The summed E-state index contributed by atoms with van der Waals surface area (Å²) < 4.78 is 9.20. The number of halogens is 2. The zero-order valence-corrected chi connectivity index (χ0v) is 17.1. The Hall–Kier alpha value is -1.70. The zero-order valence-electron chi connectivity index (χ0n) is 13.9. The van der Waals surface area contributed by atoms with Crippen LogP contribution in [0, 0.1) is 0 Å². The first-order valence-corrected chi connectivity index (χ1v) is 9.37. The van der Waals surface area contributed by atoms with Gasteiger partial charge in [-0.05, 0) is 52.7 Å². The molecule has 0 aliphatic heterocycles. The summed E-state index contributed by atoms with van der Waals surface area (Å²) in [4.78, 5) is 3.97. The number of nitrogens with zero attached hydrogens (tertiary/aromatic N) is 3. The van der Waals surface area contributed by atoms with Crippen molar-refractivity contribution in [1.82, 2.24) is 20.1 Å². The van der Waals surface area contributed by atoms with Gasteiger partial charge in [0, 0.05) is 22.6 Å². The summed E-state index contributed by atoms with van der Waals surface area (Å²) in [6.45, 7) is 2.84. The molecular formula is C18H18Br2N4O. The molecule has 2 aromatic carbocycles. The first-order valence-electron chi connectivity index (χ1n) is 7.78. The van der Waals surface area contributed by atoms with Gasteiger partial charge in [-0.25, -0.2) is 9.67 Å². The van der Waals surface area contributed by atoms with Gasteiger partial charge in [0.15, 0.2) is 0 Å². The van der Waals surface area contributed by atoms with Crippen molar-refractivity contribution in [3.05, 3.63) is 69.1 Å². The fourth-order valence-electron chi connectivity index (χ4n) is 2.61. The van der Waals surface area contributed by atoms with Gasteiger partial charge in [-0.2, -0.15) is 5.10 Å². The Balaban J connectivity index is 1.70. The average molecular weight is 466 g/mol. The number of nitrogens with one attached hydrogen (secondary N) is 1. The largest absolute Gasteiger partial charge is 0.495 e. The standard InChI is InChI=1S/C18H18Br2N4O/c1-12(13-3-5-16(6-4-13)24-11-21-10-23-24)22-9-14-7-15(19)8-17(20)18(14)25-2/h3-8,10-12,22H,9H2,1-2H3. The lowest BCUT2D eigenvalue weighted by Gasteiger charge is -2.17. The third-order valence-corrected chi connectivity index (χ3v) is 5.01. The van der Waals surface area contributed by atoms with Crippen molar-refractivity contribution >= 4 is 31.9 Å². The van der Waals surface area contributed by atoms with Crippen LogP contribution in [0.1, 0.15) is 24.1 Å². The second-order valence-electron chi connectivity index (χ2n) is 5.61. The lowest BCUT2D eigenvalue weighted by Crippen LogP contribution is -2.18. The predicted molar refractivity (Wildman–Crippen MR) is 105 cm³/mol. The lowest BCUT2D eigenvalue weighted by atomic mass is 10.1. The number of benzene rings is 2. The van der Waals surface area contributed by atoms with Gasteiger partial charge >= 0.3 is 0 Å². The minimum Gasteiger partial charge on any atom is -0.495 e. The minimum atomic E-state index is 0.201. The van der Waals surface area contributed by atoms with E-state index in [2.05, 4.69) is 72.4 Å². The number of hydrogen-bond acceptors (Lipinski definition) is 4. The number of hydrogen-bond donors (Lipinski definition) is 1. The molecule has 0 saturated heterocycles. The highest BCUT2D eigenvalue weighted by Crippen LogP contribution is 2.33. The average Bonchev–Trinajstić information content (AvgIpc) is 3.14. The smallest absolute Gasteiger partial charge is 0.138 e. The normalized spacial score (nSPS) is 12.2. The molecule has 0 aliphatic rings. The fourth-order valence-corrected chi connectivity index (χ4v) is 4.09. The highest BCUT2D eigenvalue weighted by Gasteiger charge is 2.11. The van der Waals surface area contributed by atoms with Crippen molar-refractivity contribution in [2.24, 2.45) is 0 Å².